The molecular formula is C21H25N3O2S. The SMILES string of the molecule is Cc1nc(C)c2c(C)c(C(=O)NCCc3ccc(OC(C)C)cc3)sc2n1. The van der Waals surface area contributed by atoms with E-state index in [0.717, 1.165) is 45.0 Å². The topological polar surface area (TPSA) is 64.1 Å². The molecule has 2 aromatic heterocycles. The van der Waals surface area contributed by atoms with Crippen molar-refractivity contribution in [1.29, 1.82) is 0 Å². The van der Waals surface area contributed by atoms with E-state index < -0.39 is 0 Å². The zero-order valence-corrected chi connectivity index (χ0v) is 17.2. The smallest absolute Gasteiger partial charge is 0.261 e. The number of hydrogen-bond donors (Lipinski definition) is 1. The number of ether oxygens (including phenoxy) is 1. The van der Waals surface area contributed by atoms with E-state index in [2.05, 4.69) is 15.3 Å². The molecule has 0 saturated carbocycles. The maximum atomic E-state index is 12.6. The van der Waals surface area contributed by atoms with Crippen LogP contribution in [0.2, 0.25) is 0 Å². The van der Waals surface area contributed by atoms with Crippen LogP contribution >= 0.6 is 11.3 Å². The monoisotopic (exact) mass is 383 g/mol. The minimum atomic E-state index is -0.0488. The van der Waals surface area contributed by atoms with Crippen LogP contribution in [-0.4, -0.2) is 28.5 Å². The molecule has 0 atom stereocenters. The Bertz CT molecular complexity index is 962. The van der Waals surface area contributed by atoms with Crippen LogP contribution in [0.15, 0.2) is 24.3 Å². The molecule has 1 N–H and O–H groups in total. The molecule has 0 aliphatic heterocycles. The molecule has 0 fully saturated rings. The Hall–Kier alpha value is -2.47. The molecule has 0 unspecified atom stereocenters. The summed E-state index contributed by atoms with van der Waals surface area (Å²) in [6, 6.07) is 8.01. The van der Waals surface area contributed by atoms with E-state index >= 15 is 0 Å². The molecule has 27 heavy (non-hydrogen) atoms. The van der Waals surface area contributed by atoms with Gasteiger partial charge in [-0.15, -0.1) is 11.3 Å². The van der Waals surface area contributed by atoms with Crippen LogP contribution in [0.25, 0.3) is 10.2 Å². The fourth-order valence-corrected chi connectivity index (χ4v) is 4.29. The summed E-state index contributed by atoms with van der Waals surface area (Å²) >= 11 is 1.43. The molecule has 142 valence electrons. The van der Waals surface area contributed by atoms with Gasteiger partial charge in [-0.2, -0.15) is 0 Å². The molecule has 0 spiro atoms. The van der Waals surface area contributed by atoms with E-state index in [1.54, 1.807) is 0 Å². The largest absolute Gasteiger partial charge is 0.491 e. The Morgan fingerprint density at radius 1 is 1.15 bits per heavy atom. The summed E-state index contributed by atoms with van der Waals surface area (Å²) in [5.41, 5.74) is 3.05. The van der Waals surface area contributed by atoms with Crippen LogP contribution in [0.5, 0.6) is 5.75 Å². The predicted molar refractivity (Wildman–Crippen MR) is 110 cm³/mol. The standard InChI is InChI=1S/C21H25N3O2S/c1-12(2)26-17-8-6-16(7-9-17)10-11-22-20(25)19-13(3)18-14(4)23-15(5)24-21(18)27-19/h6-9,12H,10-11H2,1-5H3,(H,22,25). The predicted octanol–water partition coefficient (Wildman–Crippen LogP) is 4.38. The average molecular weight is 384 g/mol. The fourth-order valence-electron chi connectivity index (χ4n) is 3.10. The van der Waals surface area contributed by atoms with Gasteiger partial charge in [0.15, 0.2) is 0 Å². The zero-order valence-electron chi connectivity index (χ0n) is 16.4. The Morgan fingerprint density at radius 2 is 1.85 bits per heavy atom. The normalized spacial score (nSPS) is 11.2. The van der Waals surface area contributed by atoms with Crippen molar-refractivity contribution >= 4 is 27.5 Å². The highest BCUT2D eigenvalue weighted by molar-refractivity contribution is 7.20. The number of hydrogen-bond acceptors (Lipinski definition) is 5. The number of aromatic nitrogens is 2. The van der Waals surface area contributed by atoms with Crippen molar-refractivity contribution in [1.82, 2.24) is 15.3 Å². The first kappa shape index (κ1) is 19.3. The minimum absolute atomic E-state index is 0.0488. The summed E-state index contributed by atoms with van der Waals surface area (Å²) in [6.07, 6.45) is 0.937. The van der Waals surface area contributed by atoms with E-state index in [1.165, 1.54) is 11.3 Å². The van der Waals surface area contributed by atoms with Gasteiger partial charge >= 0.3 is 0 Å². The number of rotatable bonds is 6. The van der Waals surface area contributed by atoms with Crippen molar-refractivity contribution < 1.29 is 9.53 Å². The van der Waals surface area contributed by atoms with E-state index in [4.69, 9.17) is 4.74 Å². The number of carbonyl (C=O) groups excluding carboxylic acids is 1. The van der Waals surface area contributed by atoms with Crippen LogP contribution in [-0.2, 0) is 6.42 Å². The lowest BCUT2D eigenvalue weighted by Crippen LogP contribution is -2.25. The first-order valence-corrected chi connectivity index (χ1v) is 9.95. The first-order chi connectivity index (χ1) is 12.8. The molecule has 0 radical (unpaired) electrons. The van der Waals surface area contributed by atoms with Crippen LogP contribution in [0, 0.1) is 20.8 Å². The minimum Gasteiger partial charge on any atom is -0.491 e. The molecule has 3 rings (SSSR count). The number of benzene rings is 1. The molecule has 0 saturated heterocycles. The van der Waals surface area contributed by atoms with Crippen molar-refractivity contribution in [3.8, 4) is 5.75 Å². The van der Waals surface area contributed by atoms with Crippen LogP contribution in [0.3, 0.4) is 0 Å². The second-order valence-electron chi connectivity index (χ2n) is 6.91. The third-order valence-electron chi connectivity index (χ3n) is 4.28. The Labute approximate surface area is 163 Å². The third kappa shape index (κ3) is 4.45. The molecule has 1 aromatic carbocycles. The first-order valence-electron chi connectivity index (χ1n) is 9.13. The summed E-state index contributed by atoms with van der Waals surface area (Å²) in [4.78, 5) is 23.1. The van der Waals surface area contributed by atoms with E-state index in [9.17, 15) is 4.79 Å². The quantitative estimate of drug-likeness (QED) is 0.686. The Balaban J connectivity index is 1.64. The lowest BCUT2D eigenvalue weighted by Gasteiger charge is -2.10. The summed E-state index contributed by atoms with van der Waals surface area (Å²) < 4.78 is 5.65. The fraction of sp³-hybridized carbons (Fsp3) is 0.381. The molecule has 1 amide bonds. The maximum absolute atomic E-state index is 12.6. The van der Waals surface area contributed by atoms with E-state index in [1.807, 2.05) is 58.9 Å². The highest BCUT2D eigenvalue weighted by atomic mass is 32.1. The van der Waals surface area contributed by atoms with Crippen molar-refractivity contribution in [3.63, 3.8) is 0 Å². The van der Waals surface area contributed by atoms with E-state index in [0.29, 0.717) is 11.4 Å². The Morgan fingerprint density at radius 3 is 2.52 bits per heavy atom. The average Bonchev–Trinajstić information content (AvgIpc) is 2.92. The van der Waals surface area contributed by atoms with Crippen LogP contribution in [0.1, 0.15) is 46.2 Å². The van der Waals surface area contributed by atoms with Gasteiger partial charge in [-0.1, -0.05) is 12.1 Å². The number of fused-ring (bicyclic) bond motifs is 1. The Kier molecular flexibility index (Phi) is 5.75. The highest BCUT2D eigenvalue weighted by Gasteiger charge is 2.18. The van der Waals surface area contributed by atoms with Crippen molar-refractivity contribution in [2.75, 3.05) is 6.54 Å². The second kappa shape index (κ2) is 8.05. The van der Waals surface area contributed by atoms with Gasteiger partial charge < -0.3 is 10.1 Å². The molecule has 5 nitrogen and oxygen atoms in total. The second-order valence-corrected chi connectivity index (χ2v) is 7.91. The van der Waals surface area contributed by atoms with Crippen LogP contribution < -0.4 is 10.1 Å². The summed E-state index contributed by atoms with van der Waals surface area (Å²) in [7, 11) is 0. The lowest BCUT2D eigenvalue weighted by molar-refractivity contribution is 0.0957. The summed E-state index contributed by atoms with van der Waals surface area (Å²) in [5.74, 6) is 1.55. The van der Waals surface area contributed by atoms with Gasteiger partial charge in [-0.05, 0) is 64.3 Å². The van der Waals surface area contributed by atoms with Gasteiger partial charge in [-0.3, -0.25) is 4.79 Å². The van der Waals surface area contributed by atoms with Crippen molar-refractivity contribution in [2.24, 2.45) is 0 Å². The molecular weight excluding hydrogens is 358 g/mol. The summed E-state index contributed by atoms with van der Waals surface area (Å²) in [6.45, 7) is 10.4. The van der Waals surface area contributed by atoms with Gasteiger partial charge in [0.1, 0.15) is 16.4 Å². The lowest BCUT2D eigenvalue weighted by atomic mass is 10.1. The van der Waals surface area contributed by atoms with Crippen LogP contribution in [0.4, 0.5) is 0 Å². The number of amides is 1. The van der Waals surface area contributed by atoms with Gasteiger partial charge in [-0.25, -0.2) is 9.97 Å². The van der Waals surface area contributed by atoms with Gasteiger partial charge in [0.25, 0.3) is 5.91 Å². The molecule has 3 aromatic rings. The highest BCUT2D eigenvalue weighted by Crippen LogP contribution is 2.31. The van der Waals surface area contributed by atoms with E-state index in [-0.39, 0.29) is 12.0 Å². The molecule has 6 heteroatoms. The third-order valence-corrected chi connectivity index (χ3v) is 5.47. The van der Waals surface area contributed by atoms with Gasteiger partial charge in [0.2, 0.25) is 0 Å². The molecule has 0 aliphatic carbocycles. The number of aryl methyl sites for hydroxylation is 3. The van der Waals surface area contributed by atoms with Gasteiger partial charge in [0.05, 0.1) is 11.0 Å². The number of carbonyl (C=O) groups is 1. The van der Waals surface area contributed by atoms with Gasteiger partial charge in [0, 0.05) is 17.6 Å². The molecule has 0 aliphatic rings. The summed E-state index contributed by atoms with van der Waals surface area (Å²) in [5, 5.41) is 4.02. The molecule has 0 bridgehead atoms. The number of nitrogens with one attached hydrogen (secondary N) is 1. The number of nitrogens with zero attached hydrogens (tertiary/aromatic N) is 2. The van der Waals surface area contributed by atoms with Crippen molar-refractivity contribution in [2.45, 2.75) is 47.1 Å². The maximum Gasteiger partial charge on any atom is 0.261 e. The van der Waals surface area contributed by atoms with Crippen molar-refractivity contribution in [3.05, 3.63) is 51.8 Å². The molecule has 2 heterocycles. The number of thiophene rings is 1. The zero-order chi connectivity index (χ0) is 19.6.